The first-order valence-corrected chi connectivity index (χ1v) is 8.60. The van der Waals surface area contributed by atoms with Gasteiger partial charge in [-0.1, -0.05) is 6.92 Å². The molecular weight excluding hydrogens is 280 g/mol. The Morgan fingerprint density at radius 1 is 1.45 bits per heavy atom. The Bertz CT molecular complexity index is 386. The maximum atomic E-state index is 12.2. The number of carbonyl (C=O) groups excluding carboxylic acids is 1. The number of amides is 1. The Labute approximate surface area is 134 Å². The van der Waals surface area contributed by atoms with Gasteiger partial charge >= 0.3 is 6.09 Å². The molecule has 0 spiro atoms. The fourth-order valence-electron chi connectivity index (χ4n) is 3.60. The molecule has 2 rings (SSSR count). The Kier molecular flexibility index (Phi) is 5.38. The molecule has 0 bridgehead atoms. The normalized spacial score (nSPS) is 33.6. The van der Waals surface area contributed by atoms with Crippen molar-refractivity contribution in [2.45, 2.75) is 64.6 Å². The van der Waals surface area contributed by atoms with E-state index in [0.29, 0.717) is 18.4 Å². The first kappa shape index (κ1) is 17.5. The van der Waals surface area contributed by atoms with Crippen LogP contribution in [0.5, 0.6) is 0 Å². The van der Waals surface area contributed by atoms with Gasteiger partial charge in [0.05, 0.1) is 5.60 Å². The third-order valence-corrected chi connectivity index (χ3v) is 4.83. The Balaban J connectivity index is 1.86. The summed E-state index contributed by atoms with van der Waals surface area (Å²) in [4.78, 5) is 14.0. The van der Waals surface area contributed by atoms with E-state index in [9.17, 15) is 9.90 Å². The number of hydrogen-bond acceptors (Lipinski definition) is 4. The largest absolute Gasteiger partial charge is 0.444 e. The molecule has 0 aliphatic carbocycles. The number of nitrogens with zero attached hydrogens (tertiary/aromatic N) is 1. The molecule has 1 amide bonds. The number of piperidine rings is 2. The summed E-state index contributed by atoms with van der Waals surface area (Å²) < 4.78 is 5.46. The van der Waals surface area contributed by atoms with Crippen LogP contribution >= 0.6 is 0 Å². The van der Waals surface area contributed by atoms with Gasteiger partial charge in [-0.2, -0.15) is 0 Å². The maximum Gasteiger partial charge on any atom is 0.410 e. The van der Waals surface area contributed by atoms with Crippen molar-refractivity contribution in [2.24, 2.45) is 11.8 Å². The molecule has 2 saturated heterocycles. The van der Waals surface area contributed by atoms with Gasteiger partial charge in [-0.15, -0.1) is 0 Å². The average molecular weight is 312 g/mol. The number of ether oxygens (including phenoxy) is 1. The van der Waals surface area contributed by atoms with Crippen molar-refractivity contribution in [1.82, 2.24) is 10.2 Å². The summed E-state index contributed by atoms with van der Waals surface area (Å²) >= 11 is 0. The predicted octanol–water partition coefficient (Wildman–Crippen LogP) is 2.38. The van der Waals surface area contributed by atoms with Crippen LogP contribution in [0.4, 0.5) is 4.79 Å². The molecule has 3 unspecified atom stereocenters. The van der Waals surface area contributed by atoms with Crippen LogP contribution in [-0.2, 0) is 4.74 Å². The van der Waals surface area contributed by atoms with E-state index in [1.54, 1.807) is 0 Å². The highest BCUT2D eigenvalue weighted by Crippen LogP contribution is 2.33. The topological polar surface area (TPSA) is 61.8 Å². The van der Waals surface area contributed by atoms with Crippen molar-refractivity contribution >= 4 is 6.09 Å². The summed E-state index contributed by atoms with van der Waals surface area (Å²) in [6.07, 6.45) is 3.50. The molecule has 2 aliphatic rings. The Hall–Kier alpha value is -0.810. The summed E-state index contributed by atoms with van der Waals surface area (Å²) in [5.41, 5.74) is -1.01. The predicted molar refractivity (Wildman–Crippen MR) is 86.7 cm³/mol. The zero-order valence-electron chi connectivity index (χ0n) is 14.5. The molecular formula is C17H32N2O3. The molecule has 5 heteroatoms. The molecule has 0 aromatic rings. The molecule has 128 valence electrons. The second kappa shape index (κ2) is 6.75. The zero-order valence-corrected chi connectivity index (χ0v) is 14.5. The van der Waals surface area contributed by atoms with Gasteiger partial charge in [0.25, 0.3) is 0 Å². The SMILES string of the molecule is CC1CN(C(=O)OC(C)(C)C)CCC1CC1(O)CCCNC1. The highest BCUT2D eigenvalue weighted by atomic mass is 16.6. The van der Waals surface area contributed by atoms with Crippen molar-refractivity contribution in [3.05, 3.63) is 0 Å². The van der Waals surface area contributed by atoms with Crippen molar-refractivity contribution in [2.75, 3.05) is 26.2 Å². The first-order chi connectivity index (χ1) is 10.2. The van der Waals surface area contributed by atoms with Crippen molar-refractivity contribution < 1.29 is 14.6 Å². The van der Waals surface area contributed by atoms with Gasteiger partial charge in [0.15, 0.2) is 0 Å². The summed E-state index contributed by atoms with van der Waals surface area (Å²) in [6, 6.07) is 0. The van der Waals surface area contributed by atoms with E-state index < -0.39 is 11.2 Å². The maximum absolute atomic E-state index is 12.2. The number of likely N-dealkylation sites (tertiary alicyclic amines) is 1. The highest BCUT2D eigenvalue weighted by molar-refractivity contribution is 5.68. The van der Waals surface area contributed by atoms with Crippen molar-refractivity contribution in [3.63, 3.8) is 0 Å². The molecule has 22 heavy (non-hydrogen) atoms. The lowest BCUT2D eigenvalue weighted by Crippen LogP contribution is -2.50. The number of nitrogens with one attached hydrogen (secondary N) is 1. The number of hydrogen-bond donors (Lipinski definition) is 2. The van der Waals surface area contributed by atoms with Crippen molar-refractivity contribution in [3.8, 4) is 0 Å². The van der Waals surface area contributed by atoms with E-state index >= 15 is 0 Å². The highest BCUT2D eigenvalue weighted by Gasteiger charge is 2.37. The fraction of sp³-hybridized carbons (Fsp3) is 0.941. The standard InChI is InChI=1S/C17H32N2O3/c1-13-11-19(15(20)22-16(2,3)4)9-6-14(13)10-17(21)7-5-8-18-12-17/h13-14,18,21H,5-12H2,1-4H3. The summed E-state index contributed by atoms with van der Waals surface area (Å²) in [5.74, 6) is 0.871. The first-order valence-electron chi connectivity index (χ1n) is 8.60. The van der Waals surface area contributed by atoms with E-state index in [0.717, 1.165) is 45.3 Å². The van der Waals surface area contributed by atoms with Crippen molar-refractivity contribution in [1.29, 1.82) is 0 Å². The van der Waals surface area contributed by atoms with Crippen LogP contribution in [0.3, 0.4) is 0 Å². The number of aliphatic hydroxyl groups is 1. The number of rotatable bonds is 2. The van der Waals surface area contributed by atoms with Gasteiger partial charge in [-0.05, 0) is 64.8 Å². The molecule has 0 aromatic heterocycles. The van der Waals surface area contributed by atoms with Crippen LogP contribution in [0.1, 0.15) is 53.4 Å². The molecule has 2 fully saturated rings. The minimum atomic E-state index is -0.564. The van der Waals surface area contributed by atoms with E-state index in [1.165, 1.54) is 0 Å². The van der Waals surface area contributed by atoms with E-state index in [4.69, 9.17) is 4.74 Å². The quantitative estimate of drug-likeness (QED) is 0.822. The lowest BCUT2D eigenvalue weighted by atomic mass is 9.76. The van der Waals surface area contributed by atoms with Gasteiger partial charge in [0, 0.05) is 19.6 Å². The van der Waals surface area contributed by atoms with Crippen LogP contribution in [0.2, 0.25) is 0 Å². The molecule has 2 aliphatic heterocycles. The van der Waals surface area contributed by atoms with Crippen LogP contribution < -0.4 is 5.32 Å². The second-order valence-corrected chi connectivity index (χ2v) is 8.16. The van der Waals surface area contributed by atoms with Gasteiger partial charge in [-0.3, -0.25) is 0 Å². The summed E-state index contributed by atoms with van der Waals surface area (Å²) in [5, 5.41) is 14.0. The third-order valence-electron chi connectivity index (χ3n) is 4.83. The van der Waals surface area contributed by atoms with E-state index in [1.807, 2.05) is 25.7 Å². The molecule has 2 heterocycles. The fourth-order valence-corrected chi connectivity index (χ4v) is 3.60. The lowest BCUT2D eigenvalue weighted by molar-refractivity contribution is -0.0288. The average Bonchev–Trinajstić information content (AvgIpc) is 2.39. The number of β-amino-alcohol motifs (C(OH)–C–C–N with tert-alkyl or cyclic N) is 1. The minimum Gasteiger partial charge on any atom is -0.444 e. The molecule has 3 atom stereocenters. The minimum absolute atomic E-state index is 0.212. The van der Waals surface area contributed by atoms with Gasteiger partial charge < -0.3 is 20.1 Å². The molecule has 0 radical (unpaired) electrons. The molecule has 2 N–H and O–H groups in total. The monoisotopic (exact) mass is 312 g/mol. The number of carbonyl (C=O) groups is 1. The Morgan fingerprint density at radius 3 is 2.73 bits per heavy atom. The Morgan fingerprint density at radius 2 is 2.18 bits per heavy atom. The van der Waals surface area contributed by atoms with Gasteiger partial charge in [0.1, 0.15) is 5.60 Å². The van der Waals surface area contributed by atoms with E-state index in [-0.39, 0.29) is 6.09 Å². The molecule has 5 nitrogen and oxygen atoms in total. The smallest absolute Gasteiger partial charge is 0.410 e. The summed E-state index contributed by atoms with van der Waals surface area (Å²) in [7, 11) is 0. The van der Waals surface area contributed by atoms with Crippen LogP contribution in [-0.4, -0.2) is 53.5 Å². The van der Waals surface area contributed by atoms with Crippen LogP contribution in [0.15, 0.2) is 0 Å². The lowest BCUT2D eigenvalue weighted by Gasteiger charge is -2.42. The van der Waals surface area contributed by atoms with Crippen LogP contribution in [0, 0.1) is 11.8 Å². The summed E-state index contributed by atoms with van der Waals surface area (Å²) in [6.45, 7) is 11.0. The molecule has 0 saturated carbocycles. The third kappa shape index (κ3) is 4.85. The zero-order chi connectivity index (χ0) is 16.4. The van der Waals surface area contributed by atoms with Gasteiger partial charge in [-0.25, -0.2) is 4.79 Å². The van der Waals surface area contributed by atoms with E-state index in [2.05, 4.69) is 12.2 Å². The molecule has 0 aromatic carbocycles. The van der Waals surface area contributed by atoms with Gasteiger partial charge in [0.2, 0.25) is 0 Å². The van der Waals surface area contributed by atoms with Crippen LogP contribution in [0.25, 0.3) is 0 Å². The second-order valence-electron chi connectivity index (χ2n) is 8.16.